The van der Waals surface area contributed by atoms with Crippen molar-refractivity contribution in [2.75, 3.05) is 6.61 Å². The topological polar surface area (TPSA) is 32.8 Å². The number of allylic oxidation sites excluding steroid dienone is 1. The van der Waals surface area contributed by atoms with Crippen LogP contribution in [0.25, 0.3) is 0 Å². The van der Waals surface area contributed by atoms with Gasteiger partial charge in [-0.2, -0.15) is 0 Å². The first-order valence-electron chi connectivity index (χ1n) is 4.50. The summed E-state index contributed by atoms with van der Waals surface area (Å²) in [4.78, 5) is 0. The van der Waals surface area contributed by atoms with Crippen LogP contribution in [-0.4, -0.2) is 23.4 Å². The summed E-state index contributed by atoms with van der Waals surface area (Å²) in [5.74, 6) is 0. The Morgan fingerprint density at radius 1 is 1.58 bits per heavy atom. The fourth-order valence-corrected chi connectivity index (χ4v) is 1.36. The molecule has 0 aromatic rings. The van der Waals surface area contributed by atoms with E-state index in [1.807, 2.05) is 13.0 Å². The molecule has 0 aromatic heterocycles. The van der Waals surface area contributed by atoms with Gasteiger partial charge in [0.25, 0.3) is 0 Å². The number of hydrogen-bond donors (Lipinski definition) is 1. The summed E-state index contributed by atoms with van der Waals surface area (Å²) in [6, 6.07) is 0. The van der Waals surface area contributed by atoms with Gasteiger partial charge in [-0.15, -0.1) is 0 Å². The molecule has 2 nitrogen and oxygen atoms in total. The third kappa shape index (κ3) is 2.61. The molecule has 1 aliphatic rings. The third-order valence-corrected chi connectivity index (χ3v) is 2.40. The maximum atomic E-state index is 8.61. The minimum absolute atomic E-state index is 0.111. The quantitative estimate of drug-likeness (QED) is 0.516. The van der Waals surface area contributed by atoms with Crippen molar-refractivity contribution in [3.63, 3.8) is 0 Å². The summed E-state index contributed by atoms with van der Waals surface area (Å²) in [5, 5.41) is 8.61. The predicted octanol–water partition coefficient (Wildman–Crippen LogP) is 1.88. The maximum absolute atomic E-state index is 8.61. The van der Waals surface area contributed by atoms with Gasteiger partial charge in [0, 0.05) is 0 Å². The molecule has 70 valence electrons. The number of aliphatic hydroxyl groups excluding tert-OH is 1. The van der Waals surface area contributed by atoms with Crippen molar-refractivity contribution >= 4 is 0 Å². The second-order valence-corrected chi connectivity index (χ2v) is 3.98. The first kappa shape index (κ1) is 9.75. The molecule has 1 N–H and O–H groups in total. The summed E-state index contributed by atoms with van der Waals surface area (Å²) >= 11 is 0. The SMILES string of the molecule is C/C(=C\CO)CC[C@@H]1OC1(C)C. The second-order valence-electron chi connectivity index (χ2n) is 3.98. The average molecular weight is 170 g/mol. The van der Waals surface area contributed by atoms with Gasteiger partial charge >= 0.3 is 0 Å². The third-order valence-electron chi connectivity index (χ3n) is 2.40. The summed E-state index contributed by atoms with van der Waals surface area (Å²) in [6.07, 6.45) is 4.40. The molecule has 0 saturated carbocycles. The van der Waals surface area contributed by atoms with Crippen LogP contribution in [0.15, 0.2) is 11.6 Å². The van der Waals surface area contributed by atoms with Gasteiger partial charge in [-0.1, -0.05) is 11.6 Å². The van der Waals surface area contributed by atoms with E-state index in [1.54, 1.807) is 0 Å². The lowest BCUT2D eigenvalue weighted by atomic mass is 10.0. The van der Waals surface area contributed by atoms with E-state index >= 15 is 0 Å². The highest BCUT2D eigenvalue weighted by atomic mass is 16.6. The molecule has 1 atom stereocenters. The van der Waals surface area contributed by atoms with Crippen LogP contribution in [0.1, 0.15) is 33.6 Å². The van der Waals surface area contributed by atoms with E-state index < -0.39 is 0 Å². The molecule has 0 bridgehead atoms. The van der Waals surface area contributed by atoms with Crippen molar-refractivity contribution in [1.82, 2.24) is 0 Å². The molecule has 1 saturated heterocycles. The largest absolute Gasteiger partial charge is 0.392 e. The van der Waals surface area contributed by atoms with Crippen molar-refractivity contribution in [1.29, 1.82) is 0 Å². The molecule has 2 heteroatoms. The smallest absolute Gasteiger partial charge is 0.0892 e. The van der Waals surface area contributed by atoms with E-state index in [1.165, 1.54) is 5.57 Å². The van der Waals surface area contributed by atoms with Crippen molar-refractivity contribution in [2.45, 2.75) is 45.3 Å². The summed E-state index contributed by atoms with van der Waals surface area (Å²) in [5.41, 5.74) is 1.36. The lowest BCUT2D eigenvalue weighted by Gasteiger charge is -1.98. The highest BCUT2D eigenvalue weighted by Gasteiger charge is 2.46. The summed E-state index contributed by atoms with van der Waals surface area (Å²) < 4.78 is 5.44. The van der Waals surface area contributed by atoms with Crippen LogP contribution in [0.4, 0.5) is 0 Å². The fraction of sp³-hybridized carbons (Fsp3) is 0.800. The molecule has 0 aliphatic carbocycles. The lowest BCUT2D eigenvalue weighted by Crippen LogP contribution is -2.02. The molecule has 12 heavy (non-hydrogen) atoms. The van der Waals surface area contributed by atoms with E-state index in [0.717, 1.165) is 12.8 Å². The van der Waals surface area contributed by atoms with Crippen molar-refractivity contribution < 1.29 is 9.84 Å². The molecule has 1 heterocycles. The van der Waals surface area contributed by atoms with E-state index in [4.69, 9.17) is 9.84 Å². The standard InChI is InChI=1S/C10H18O2/c1-8(6-7-11)4-5-9-10(2,3)12-9/h6,9,11H,4-5,7H2,1-3H3/b8-6+/t9-/m0/s1. The Bertz CT molecular complexity index is 182. The number of aliphatic hydroxyl groups is 1. The van der Waals surface area contributed by atoms with Crippen molar-refractivity contribution in [2.24, 2.45) is 0 Å². The minimum atomic E-state index is 0.111. The van der Waals surface area contributed by atoms with Crippen LogP contribution in [0.3, 0.4) is 0 Å². The normalized spacial score (nSPS) is 27.3. The molecular weight excluding hydrogens is 152 g/mol. The number of rotatable bonds is 4. The molecule has 1 rings (SSSR count). The zero-order chi connectivity index (χ0) is 9.19. The van der Waals surface area contributed by atoms with Crippen LogP contribution in [0, 0.1) is 0 Å². The molecule has 0 amide bonds. The molecule has 1 aliphatic heterocycles. The highest BCUT2D eigenvalue weighted by molar-refractivity contribution is 5.02. The summed E-state index contributed by atoms with van der Waals surface area (Å²) in [7, 11) is 0. The molecular formula is C10H18O2. The van der Waals surface area contributed by atoms with Crippen LogP contribution in [-0.2, 0) is 4.74 Å². The first-order chi connectivity index (χ1) is 5.56. The fourth-order valence-electron chi connectivity index (χ4n) is 1.36. The lowest BCUT2D eigenvalue weighted by molar-refractivity contribution is 0.319. The van der Waals surface area contributed by atoms with E-state index in [-0.39, 0.29) is 12.2 Å². The Labute approximate surface area is 74.2 Å². The van der Waals surface area contributed by atoms with Crippen LogP contribution < -0.4 is 0 Å². The van der Waals surface area contributed by atoms with Crippen molar-refractivity contribution in [3.8, 4) is 0 Å². The van der Waals surface area contributed by atoms with Gasteiger partial charge in [-0.25, -0.2) is 0 Å². The van der Waals surface area contributed by atoms with Gasteiger partial charge in [-0.3, -0.25) is 0 Å². The first-order valence-corrected chi connectivity index (χ1v) is 4.50. The number of epoxide rings is 1. The van der Waals surface area contributed by atoms with Crippen LogP contribution >= 0.6 is 0 Å². The predicted molar refractivity (Wildman–Crippen MR) is 49.0 cm³/mol. The zero-order valence-electron chi connectivity index (χ0n) is 8.13. The van der Waals surface area contributed by atoms with E-state index in [2.05, 4.69) is 13.8 Å². The Balaban J connectivity index is 2.15. The minimum Gasteiger partial charge on any atom is -0.392 e. The summed E-state index contributed by atoms with van der Waals surface area (Å²) in [6.45, 7) is 6.43. The number of ether oxygens (including phenoxy) is 1. The van der Waals surface area contributed by atoms with E-state index in [9.17, 15) is 0 Å². The van der Waals surface area contributed by atoms with E-state index in [0.29, 0.717) is 6.10 Å². The molecule has 0 unspecified atom stereocenters. The van der Waals surface area contributed by atoms with Gasteiger partial charge < -0.3 is 9.84 Å². The van der Waals surface area contributed by atoms with Gasteiger partial charge in [0.2, 0.25) is 0 Å². The average Bonchev–Trinajstić information content (AvgIpc) is 2.56. The Morgan fingerprint density at radius 3 is 2.58 bits per heavy atom. The highest BCUT2D eigenvalue weighted by Crippen LogP contribution is 2.38. The molecule has 0 radical (unpaired) electrons. The second kappa shape index (κ2) is 3.58. The Kier molecular flexibility index (Phi) is 2.91. The van der Waals surface area contributed by atoms with Gasteiger partial charge in [-0.05, 0) is 33.6 Å². The monoisotopic (exact) mass is 170 g/mol. The van der Waals surface area contributed by atoms with Gasteiger partial charge in [0.05, 0.1) is 18.3 Å². The van der Waals surface area contributed by atoms with Crippen LogP contribution in [0.5, 0.6) is 0 Å². The van der Waals surface area contributed by atoms with Gasteiger partial charge in [0.15, 0.2) is 0 Å². The Hall–Kier alpha value is -0.340. The van der Waals surface area contributed by atoms with Gasteiger partial charge in [0.1, 0.15) is 0 Å². The molecule has 0 aromatic carbocycles. The molecule has 1 fully saturated rings. The Morgan fingerprint density at radius 2 is 2.17 bits per heavy atom. The van der Waals surface area contributed by atoms with Crippen LogP contribution in [0.2, 0.25) is 0 Å². The molecule has 0 spiro atoms. The maximum Gasteiger partial charge on any atom is 0.0892 e. The van der Waals surface area contributed by atoms with Crippen molar-refractivity contribution in [3.05, 3.63) is 11.6 Å². The zero-order valence-corrected chi connectivity index (χ0v) is 8.13. The number of hydrogen-bond acceptors (Lipinski definition) is 2.